The van der Waals surface area contributed by atoms with Gasteiger partial charge in [0, 0.05) is 54.5 Å². The van der Waals surface area contributed by atoms with Gasteiger partial charge in [-0.1, -0.05) is 25.0 Å². The van der Waals surface area contributed by atoms with Crippen molar-refractivity contribution in [3.05, 3.63) is 29.5 Å². The highest BCUT2D eigenvalue weighted by atomic mass is 16.5. The number of hydrogen-bond donors (Lipinski definition) is 2. The molecule has 2 saturated carbocycles. The number of nitriles is 1. The van der Waals surface area contributed by atoms with Gasteiger partial charge >= 0.3 is 0 Å². The molecule has 3 heterocycles. The molecule has 2 atom stereocenters. The molecule has 37 heavy (non-hydrogen) atoms. The number of benzene rings is 1. The van der Waals surface area contributed by atoms with E-state index in [2.05, 4.69) is 27.3 Å². The normalized spacial score (nSPS) is 24.9. The summed E-state index contributed by atoms with van der Waals surface area (Å²) >= 11 is 0. The smallest absolute Gasteiger partial charge is 0.226 e. The maximum absolute atomic E-state index is 13.8. The molecule has 1 saturated heterocycles. The van der Waals surface area contributed by atoms with Gasteiger partial charge in [-0.25, -0.2) is 0 Å². The molecular weight excluding hydrogens is 466 g/mol. The van der Waals surface area contributed by atoms with E-state index in [1.165, 1.54) is 18.5 Å². The molecule has 2 aromatic rings. The Labute approximate surface area is 218 Å². The van der Waals surface area contributed by atoms with Crippen molar-refractivity contribution in [2.75, 3.05) is 32.8 Å². The van der Waals surface area contributed by atoms with E-state index in [1.54, 1.807) is 0 Å². The highest BCUT2D eigenvalue weighted by Crippen LogP contribution is 2.39. The monoisotopic (exact) mass is 503 g/mol. The second-order valence-corrected chi connectivity index (χ2v) is 11.3. The van der Waals surface area contributed by atoms with E-state index in [-0.39, 0.29) is 23.7 Å². The molecule has 196 valence electrons. The summed E-state index contributed by atoms with van der Waals surface area (Å²) < 4.78 is 6.20. The van der Waals surface area contributed by atoms with Crippen LogP contribution in [-0.4, -0.2) is 64.9 Å². The van der Waals surface area contributed by atoms with E-state index < -0.39 is 5.54 Å². The Kier molecular flexibility index (Phi) is 6.58. The molecule has 0 radical (unpaired) electrons. The summed E-state index contributed by atoms with van der Waals surface area (Å²) in [6.45, 7) is 5.15. The first-order valence-corrected chi connectivity index (χ1v) is 14.1. The second kappa shape index (κ2) is 10.0. The Balaban J connectivity index is 1.15. The number of carbonyl (C=O) groups is 2. The van der Waals surface area contributed by atoms with Crippen LogP contribution in [0.4, 0.5) is 0 Å². The number of nitrogens with one attached hydrogen (secondary N) is 2. The first-order valence-electron chi connectivity index (χ1n) is 14.1. The molecule has 2 aliphatic heterocycles. The minimum Gasteiger partial charge on any atom is -0.490 e. The number of carbonyl (C=O) groups excluding carboxylic acids is 2. The predicted molar refractivity (Wildman–Crippen MR) is 140 cm³/mol. The summed E-state index contributed by atoms with van der Waals surface area (Å²) in [6.07, 6.45) is 8.12. The Morgan fingerprint density at radius 3 is 2.65 bits per heavy atom. The standard InChI is InChI=1S/C29H37N5O3/c30-19-29(11-12-29)32-27(35)21-6-1-2-7-22(21)28(36)34-15-10-24-23(18-34)20-8-5-9-25(26(20)31-24)37-17-16-33-13-3-4-14-33/h5,8-9,21-22,31H,1-4,6-7,10-18H2,(H,32,35). The van der Waals surface area contributed by atoms with Crippen LogP contribution in [0, 0.1) is 23.2 Å². The Morgan fingerprint density at radius 1 is 1.11 bits per heavy atom. The fourth-order valence-electron chi connectivity index (χ4n) is 6.50. The Hall–Kier alpha value is -3.05. The van der Waals surface area contributed by atoms with Crippen LogP contribution >= 0.6 is 0 Å². The fourth-order valence-corrected chi connectivity index (χ4v) is 6.50. The third kappa shape index (κ3) is 4.82. The summed E-state index contributed by atoms with van der Waals surface area (Å²) in [7, 11) is 0. The first-order chi connectivity index (χ1) is 18.1. The number of para-hydroxylation sites is 1. The van der Waals surface area contributed by atoms with E-state index >= 15 is 0 Å². The van der Waals surface area contributed by atoms with Crippen LogP contribution < -0.4 is 10.1 Å². The van der Waals surface area contributed by atoms with E-state index in [9.17, 15) is 14.9 Å². The number of likely N-dealkylation sites (tertiary alicyclic amines) is 1. The van der Waals surface area contributed by atoms with Crippen molar-refractivity contribution in [1.29, 1.82) is 5.26 Å². The largest absolute Gasteiger partial charge is 0.490 e. The third-order valence-electron chi connectivity index (χ3n) is 8.89. The van der Waals surface area contributed by atoms with Crippen molar-refractivity contribution in [2.24, 2.45) is 11.8 Å². The van der Waals surface area contributed by atoms with Crippen molar-refractivity contribution in [1.82, 2.24) is 20.1 Å². The lowest BCUT2D eigenvalue weighted by molar-refractivity contribution is -0.144. The fraction of sp³-hybridized carbons (Fsp3) is 0.621. The van der Waals surface area contributed by atoms with Gasteiger partial charge in [0.25, 0.3) is 0 Å². The topological polar surface area (TPSA) is 101 Å². The van der Waals surface area contributed by atoms with Gasteiger partial charge in [0.2, 0.25) is 11.8 Å². The summed E-state index contributed by atoms with van der Waals surface area (Å²) in [6, 6.07) is 8.41. The van der Waals surface area contributed by atoms with Crippen molar-refractivity contribution in [2.45, 2.75) is 69.9 Å². The number of nitrogens with zero attached hydrogens (tertiary/aromatic N) is 3. The Morgan fingerprint density at radius 2 is 1.89 bits per heavy atom. The molecule has 6 rings (SSSR count). The average molecular weight is 504 g/mol. The van der Waals surface area contributed by atoms with Crippen LogP contribution in [0.1, 0.15) is 62.6 Å². The molecule has 1 aromatic heterocycles. The number of H-pyrrole nitrogens is 1. The predicted octanol–water partition coefficient (Wildman–Crippen LogP) is 3.51. The molecule has 8 nitrogen and oxygen atoms in total. The molecule has 0 bridgehead atoms. The SMILES string of the molecule is N#CC1(NC(=O)C2CCCCC2C(=O)N2CCc3[nH]c4c(OCCN5CCCC5)cccc4c3C2)CC1. The van der Waals surface area contributed by atoms with Gasteiger partial charge in [0.05, 0.1) is 11.6 Å². The minimum atomic E-state index is -0.694. The number of aromatic nitrogens is 1. The Bertz CT molecular complexity index is 1220. The highest BCUT2D eigenvalue weighted by molar-refractivity contribution is 5.92. The number of fused-ring (bicyclic) bond motifs is 3. The minimum absolute atomic E-state index is 0.0830. The molecule has 2 unspecified atom stereocenters. The molecule has 0 spiro atoms. The molecule has 4 aliphatic rings. The van der Waals surface area contributed by atoms with Gasteiger partial charge in [0.15, 0.2) is 0 Å². The average Bonchev–Trinajstić information content (AvgIpc) is 3.32. The summed E-state index contributed by atoms with van der Waals surface area (Å²) in [5.41, 5.74) is 2.67. The number of aromatic amines is 1. The maximum Gasteiger partial charge on any atom is 0.226 e. The van der Waals surface area contributed by atoms with Gasteiger partial charge in [-0.3, -0.25) is 14.5 Å². The quantitative estimate of drug-likeness (QED) is 0.602. The van der Waals surface area contributed by atoms with Gasteiger partial charge in [0.1, 0.15) is 17.9 Å². The zero-order chi connectivity index (χ0) is 25.4. The number of ether oxygens (including phenoxy) is 1. The van der Waals surface area contributed by atoms with Gasteiger partial charge < -0.3 is 19.9 Å². The van der Waals surface area contributed by atoms with Crippen LogP contribution in [0.2, 0.25) is 0 Å². The maximum atomic E-state index is 13.8. The van der Waals surface area contributed by atoms with Gasteiger partial charge in [-0.2, -0.15) is 5.26 Å². The van der Waals surface area contributed by atoms with Crippen LogP contribution in [-0.2, 0) is 22.6 Å². The number of rotatable bonds is 7. The van der Waals surface area contributed by atoms with E-state index in [4.69, 9.17) is 4.74 Å². The molecule has 2 N–H and O–H groups in total. The summed E-state index contributed by atoms with van der Waals surface area (Å²) in [5.74, 6) is 0.198. The van der Waals surface area contributed by atoms with Crippen LogP contribution in [0.25, 0.3) is 10.9 Å². The van der Waals surface area contributed by atoms with Gasteiger partial charge in [-0.15, -0.1) is 0 Å². The lowest BCUT2D eigenvalue weighted by Gasteiger charge is -2.36. The number of amides is 2. The molecular formula is C29H37N5O3. The zero-order valence-corrected chi connectivity index (χ0v) is 21.6. The van der Waals surface area contributed by atoms with Crippen molar-refractivity contribution in [3.63, 3.8) is 0 Å². The van der Waals surface area contributed by atoms with Crippen molar-refractivity contribution >= 4 is 22.7 Å². The molecule has 2 amide bonds. The van der Waals surface area contributed by atoms with Crippen LogP contribution in [0.15, 0.2) is 18.2 Å². The molecule has 3 fully saturated rings. The summed E-state index contributed by atoms with van der Waals surface area (Å²) in [5, 5.41) is 13.5. The molecule has 8 heteroatoms. The third-order valence-corrected chi connectivity index (χ3v) is 8.89. The number of hydrogen-bond acceptors (Lipinski definition) is 5. The molecule has 1 aromatic carbocycles. The zero-order valence-electron chi connectivity index (χ0n) is 21.6. The summed E-state index contributed by atoms with van der Waals surface area (Å²) in [4.78, 5) is 34.9. The molecule has 2 aliphatic carbocycles. The van der Waals surface area contributed by atoms with Crippen LogP contribution in [0.5, 0.6) is 5.75 Å². The first kappa shape index (κ1) is 24.3. The second-order valence-electron chi connectivity index (χ2n) is 11.3. The van der Waals surface area contributed by atoms with Gasteiger partial charge in [-0.05, 0) is 57.7 Å². The lowest BCUT2D eigenvalue weighted by atomic mass is 9.77. The lowest BCUT2D eigenvalue weighted by Crippen LogP contribution is -2.48. The highest BCUT2D eigenvalue weighted by Gasteiger charge is 2.47. The van der Waals surface area contributed by atoms with E-state index in [0.717, 1.165) is 67.5 Å². The van der Waals surface area contributed by atoms with Crippen molar-refractivity contribution in [3.8, 4) is 11.8 Å². The van der Waals surface area contributed by atoms with E-state index in [1.807, 2.05) is 17.0 Å². The van der Waals surface area contributed by atoms with Crippen molar-refractivity contribution < 1.29 is 14.3 Å². The van der Waals surface area contributed by atoms with Crippen LogP contribution in [0.3, 0.4) is 0 Å². The van der Waals surface area contributed by atoms with E-state index in [0.29, 0.717) is 39.0 Å².